The molecule has 10 nitrogen and oxygen atoms in total. The highest BCUT2D eigenvalue weighted by Crippen LogP contribution is 2.27. The molecule has 3 rings (SSSR count). The number of carbonyl (C=O) groups excluding carboxylic acids is 1. The summed E-state index contributed by atoms with van der Waals surface area (Å²) in [7, 11) is 0. The van der Waals surface area contributed by atoms with E-state index in [1.54, 1.807) is 12.1 Å². The van der Waals surface area contributed by atoms with Crippen molar-refractivity contribution in [2.75, 3.05) is 5.32 Å². The number of fused-ring (bicyclic) bond motifs is 1. The number of hydrogen-bond donors (Lipinski definition) is 1. The normalized spacial score (nSPS) is 10.6. The lowest BCUT2D eigenvalue weighted by Crippen LogP contribution is -2.13. The number of carbonyl (C=O) groups is 1. The smallest absolute Gasteiger partial charge is 0.277 e. The van der Waals surface area contributed by atoms with E-state index >= 15 is 0 Å². The van der Waals surface area contributed by atoms with Crippen molar-refractivity contribution < 1.29 is 14.6 Å². The first kappa shape index (κ1) is 16.4. The maximum absolute atomic E-state index is 12.4. The van der Waals surface area contributed by atoms with Crippen LogP contribution in [0.15, 0.2) is 30.3 Å². The quantitative estimate of drug-likeness (QED) is 0.557. The Morgan fingerprint density at radius 1 is 1.04 bits per heavy atom. The van der Waals surface area contributed by atoms with Gasteiger partial charge in [-0.2, -0.15) is 8.75 Å². The van der Waals surface area contributed by atoms with Crippen molar-refractivity contribution in [3.05, 3.63) is 61.7 Å². The summed E-state index contributed by atoms with van der Waals surface area (Å²) in [4.78, 5) is 32.7. The Kier molecular flexibility index (Phi) is 4.07. The van der Waals surface area contributed by atoms with Gasteiger partial charge in [-0.05, 0) is 18.6 Å². The fourth-order valence-corrected chi connectivity index (χ4v) is 2.84. The molecule has 1 aromatic heterocycles. The fraction of sp³-hybridized carbons (Fsp3) is 0.0714. The Hall–Kier alpha value is -3.47. The number of nitrogens with one attached hydrogen (secondary N) is 1. The Bertz CT molecular complexity index is 999. The Morgan fingerprint density at radius 3 is 2.24 bits per heavy atom. The lowest BCUT2D eigenvalue weighted by molar-refractivity contribution is -0.394. The standard InChI is InChI=1S/C14H9N5O5S/c1-7-2-3-11(13-12(7)16-25-17-13)15-14(20)8-4-9(18(21)22)6-10(5-8)19(23)24/h2-6H,1H3,(H,15,20). The summed E-state index contributed by atoms with van der Waals surface area (Å²) in [5.41, 5.74) is 1.10. The van der Waals surface area contributed by atoms with E-state index in [1.165, 1.54) is 0 Å². The predicted octanol–water partition coefficient (Wildman–Crippen LogP) is 3.07. The van der Waals surface area contributed by atoms with Crippen LogP contribution < -0.4 is 5.32 Å². The molecule has 0 fully saturated rings. The summed E-state index contributed by atoms with van der Waals surface area (Å²) in [5.74, 6) is -0.718. The number of non-ortho nitro benzene ring substituents is 2. The van der Waals surface area contributed by atoms with Crippen LogP contribution in [0.25, 0.3) is 11.0 Å². The van der Waals surface area contributed by atoms with Gasteiger partial charge in [0, 0.05) is 12.1 Å². The topological polar surface area (TPSA) is 141 Å². The first-order valence-corrected chi connectivity index (χ1v) is 7.57. The molecule has 11 heteroatoms. The van der Waals surface area contributed by atoms with Crippen molar-refractivity contribution in [2.24, 2.45) is 0 Å². The van der Waals surface area contributed by atoms with Crippen LogP contribution in [0.1, 0.15) is 15.9 Å². The van der Waals surface area contributed by atoms with Crippen molar-refractivity contribution in [1.29, 1.82) is 0 Å². The van der Waals surface area contributed by atoms with Gasteiger partial charge in [-0.1, -0.05) is 6.07 Å². The molecule has 0 saturated heterocycles. The predicted molar refractivity (Wildman–Crippen MR) is 89.9 cm³/mol. The van der Waals surface area contributed by atoms with Gasteiger partial charge in [-0.3, -0.25) is 25.0 Å². The molecule has 0 spiro atoms. The maximum atomic E-state index is 12.4. The number of hydrogen-bond acceptors (Lipinski definition) is 8. The average Bonchev–Trinajstić information content (AvgIpc) is 3.07. The highest BCUT2D eigenvalue weighted by atomic mass is 32.1. The van der Waals surface area contributed by atoms with E-state index < -0.39 is 27.1 Å². The van der Waals surface area contributed by atoms with Gasteiger partial charge in [0.1, 0.15) is 11.0 Å². The third-order valence-corrected chi connectivity index (χ3v) is 3.98. The van der Waals surface area contributed by atoms with Gasteiger partial charge in [-0.25, -0.2) is 0 Å². The number of nitro benzene ring substituents is 2. The average molecular weight is 359 g/mol. The SMILES string of the molecule is Cc1ccc(NC(=O)c2cc([N+](=O)[O-])cc([N+](=O)[O-])c2)c2nsnc12. The third-order valence-electron chi connectivity index (χ3n) is 3.45. The zero-order valence-electron chi connectivity index (χ0n) is 12.6. The molecule has 1 amide bonds. The lowest BCUT2D eigenvalue weighted by Gasteiger charge is -2.07. The first-order chi connectivity index (χ1) is 11.9. The van der Waals surface area contributed by atoms with Crippen LogP contribution in [0.2, 0.25) is 0 Å². The number of rotatable bonds is 4. The summed E-state index contributed by atoms with van der Waals surface area (Å²) >= 11 is 0.987. The number of nitro groups is 2. The Labute approximate surface area is 143 Å². The molecule has 3 aromatic rings. The monoisotopic (exact) mass is 359 g/mol. The molecule has 0 bridgehead atoms. The van der Waals surface area contributed by atoms with Crippen LogP contribution in [0.4, 0.5) is 17.1 Å². The second-order valence-corrected chi connectivity index (χ2v) is 5.63. The largest absolute Gasteiger partial charge is 0.320 e. The molecule has 0 aliphatic rings. The van der Waals surface area contributed by atoms with E-state index in [2.05, 4.69) is 14.1 Å². The molecular weight excluding hydrogens is 350 g/mol. The second-order valence-electron chi connectivity index (χ2n) is 5.10. The molecular formula is C14H9N5O5S. The molecule has 126 valence electrons. The summed E-state index contributed by atoms with van der Waals surface area (Å²) in [6.07, 6.45) is 0. The first-order valence-electron chi connectivity index (χ1n) is 6.84. The van der Waals surface area contributed by atoms with Crippen LogP contribution in [-0.4, -0.2) is 24.5 Å². The van der Waals surface area contributed by atoms with Gasteiger partial charge in [0.25, 0.3) is 17.3 Å². The van der Waals surface area contributed by atoms with Gasteiger partial charge >= 0.3 is 0 Å². The van der Waals surface area contributed by atoms with Crippen molar-refractivity contribution in [1.82, 2.24) is 8.75 Å². The van der Waals surface area contributed by atoms with Crippen LogP contribution in [0.3, 0.4) is 0 Å². The van der Waals surface area contributed by atoms with Crippen molar-refractivity contribution in [2.45, 2.75) is 6.92 Å². The molecule has 0 aliphatic heterocycles. The van der Waals surface area contributed by atoms with Crippen molar-refractivity contribution in [3.63, 3.8) is 0 Å². The summed E-state index contributed by atoms with van der Waals surface area (Å²) < 4.78 is 8.25. The van der Waals surface area contributed by atoms with Crippen LogP contribution in [-0.2, 0) is 0 Å². The number of aryl methyl sites for hydroxylation is 1. The van der Waals surface area contributed by atoms with Gasteiger partial charge in [0.15, 0.2) is 0 Å². The highest BCUT2D eigenvalue weighted by molar-refractivity contribution is 7.00. The minimum absolute atomic E-state index is 0.196. The third kappa shape index (κ3) is 3.12. The Balaban J connectivity index is 2.00. The van der Waals surface area contributed by atoms with E-state index in [0.29, 0.717) is 16.7 Å². The summed E-state index contributed by atoms with van der Waals surface area (Å²) in [5, 5.41) is 24.4. The Morgan fingerprint density at radius 2 is 1.64 bits per heavy atom. The minimum atomic E-state index is -0.793. The number of nitrogens with zero attached hydrogens (tertiary/aromatic N) is 4. The second kappa shape index (κ2) is 6.20. The van der Waals surface area contributed by atoms with Crippen LogP contribution in [0, 0.1) is 27.2 Å². The van der Waals surface area contributed by atoms with Crippen molar-refractivity contribution in [3.8, 4) is 0 Å². The number of benzene rings is 2. The molecule has 0 saturated carbocycles. The zero-order valence-corrected chi connectivity index (χ0v) is 13.4. The fourth-order valence-electron chi connectivity index (χ4n) is 2.22. The van der Waals surface area contributed by atoms with E-state index in [4.69, 9.17) is 0 Å². The summed E-state index contributed by atoms with van der Waals surface area (Å²) in [6.45, 7) is 1.85. The molecule has 2 aromatic carbocycles. The number of anilines is 1. The van der Waals surface area contributed by atoms with E-state index in [9.17, 15) is 25.0 Å². The molecule has 1 N–H and O–H groups in total. The van der Waals surface area contributed by atoms with Crippen LogP contribution >= 0.6 is 11.7 Å². The minimum Gasteiger partial charge on any atom is -0.320 e. The molecule has 0 radical (unpaired) electrons. The summed E-state index contributed by atoms with van der Waals surface area (Å²) in [6, 6.07) is 6.13. The van der Waals surface area contributed by atoms with Gasteiger partial charge in [-0.15, -0.1) is 0 Å². The van der Waals surface area contributed by atoms with E-state index in [0.717, 1.165) is 35.5 Å². The zero-order chi connectivity index (χ0) is 18.1. The van der Waals surface area contributed by atoms with Gasteiger partial charge in [0.05, 0.1) is 38.9 Å². The number of aromatic nitrogens is 2. The molecule has 1 heterocycles. The van der Waals surface area contributed by atoms with E-state index in [1.807, 2.05) is 6.92 Å². The lowest BCUT2D eigenvalue weighted by atomic mass is 10.1. The van der Waals surface area contributed by atoms with E-state index in [-0.39, 0.29) is 5.56 Å². The van der Waals surface area contributed by atoms with Gasteiger partial charge in [0.2, 0.25) is 0 Å². The van der Waals surface area contributed by atoms with Crippen LogP contribution in [0.5, 0.6) is 0 Å². The molecule has 0 unspecified atom stereocenters. The van der Waals surface area contributed by atoms with Crippen molar-refractivity contribution >= 4 is 45.7 Å². The maximum Gasteiger partial charge on any atom is 0.277 e. The molecule has 25 heavy (non-hydrogen) atoms. The molecule has 0 atom stereocenters. The molecule has 0 aliphatic carbocycles. The number of amides is 1. The highest BCUT2D eigenvalue weighted by Gasteiger charge is 2.20. The van der Waals surface area contributed by atoms with Gasteiger partial charge < -0.3 is 5.32 Å².